The van der Waals surface area contributed by atoms with Gasteiger partial charge in [-0.25, -0.2) is 0 Å². The van der Waals surface area contributed by atoms with Crippen molar-refractivity contribution in [3.05, 3.63) is 29.3 Å². The highest BCUT2D eigenvalue weighted by molar-refractivity contribution is 5.39. The summed E-state index contributed by atoms with van der Waals surface area (Å²) in [7, 11) is 0. The van der Waals surface area contributed by atoms with Crippen LogP contribution in [-0.2, 0) is 4.74 Å². The van der Waals surface area contributed by atoms with Crippen LogP contribution in [0.4, 0.5) is 0 Å². The number of rotatable bonds is 7. The summed E-state index contributed by atoms with van der Waals surface area (Å²) in [5, 5.41) is 0. The number of para-hydroxylation sites is 1. The van der Waals surface area contributed by atoms with Gasteiger partial charge in [-0.1, -0.05) is 18.2 Å². The molecule has 0 aliphatic rings. The van der Waals surface area contributed by atoms with Crippen molar-refractivity contribution in [2.75, 3.05) is 19.8 Å². The molecule has 0 atom stereocenters. The average Bonchev–Trinajstić information content (AvgIpc) is 2.25. The summed E-state index contributed by atoms with van der Waals surface area (Å²) in [4.78, 5) is 0. The van der Waals surface area contributed by atoms with Crippen LogP contribution < -0.4 is 10.5 Å². The molecule has 0 amide bonds. The molecule has 1 aromatic carbocycles. The van der Waals surface area contributed by atoms with Crippen molar-refractivity contribution >= 4 is 0 Å². The summed E-state index contributed by atoms with van der Waals surface area (Å²) in [5.41, 5.74) is 7.93. The first-order valence-electron chi connectivity index (χ1n) is 6.46. The van der Waals surface area contributed by atoms with Gasteiger partial charge in [-0.05, 0) is 38.8 Å². The van der Waals surface area contributed by atoms with E-state index in [2.05, 4.69) is 26.0 Å². The zero-order valence-corrected chi connectivity index (χ0v) is 12.0. The third-order valence-corrected chi connectivity index (χ3v) is 2.56. The SMILES string of the molecule is Cc1cccc(C)c1OCCCOCC(C)(C)N. The first kappa shape index (κ1) is 15.0. The summed E-state index contributed by atoms with van der Waals surface area (Å²) in [6.45, 7) is 9.99. The maximum absolute atomic E-state index is 5.82. The molecule has 1 aromatic rings. The zero-order valence-electron chi connectivity index (χ0n) is 12.0. The maximum atomic E-state index is 5.82. The molecule has 0 saturated heterocycles. The smallest absolute Gasteiger partial charge is 0.125 e. The molecule has 0 saturated carbocycles. The van der Waals surface area contributed by atoms with Crippen LogP contribution >= 0.6 is 0 Å². The van der Waals surface area contributed by atoms with Crippen molar-refractivity contribution in [2.24, 2.45) is 5.73 Å². The lowest BCUT2D eigenvalue weighted by Crippen LogP contribution is -2.37. The summed E-state index contributed by atoms with van der Waals surface area (Å²) in [5.74, 6) is 0.997. The van der Waals surface area contributed by atoms with Crippen LogP contribution in [-0.4, -0.2) is 25.4 Å². The molecule has 0 aliphatic carbocycles. The van der Waals surface area contributed by atoms with Crippen molar-refractivity contribution in [1.29, 1.82) is 0 Å². The van der Waals surface area contributed by atoms with Crippen molar-refractivity contribution in [3.63, 3.8) is 0 Å². The summed E-state index contributed by atoms with van der Waals surface area (Å²) in [6, 6.07) is 6.18. The van der Waals surface area contributed by atoms with Crippen LogP contribution in [0.2, 0.25) is 0 Å². The van der Waals surface area contributed by atoms with Gasteiger partial charge in [0.1, 0.15) is 5.75 Å². The fraction of sp³-hybridized carbons (Fsp3) is 0.600. The first-order chi connectivity index (χ1) is 8.40. The fourth-order valence-electron chi connectivity index (χ4n) is 1.70. The van der Waals surface area contributed by atoms with Crippen LogP contribution in [0.15, 0.2) is 18.2 Å². The quantitative estimate of drug-likeness (QED) is 0.758. The third kappa shape index (κ3) is 5.52. The Labute approximate surface area is 110 Å². The van der Waals surface area contributed by atoms with Crippen LogP contribution in [0.1, 0.15) is 31.4 Å². The molecule has 0 unspecified atom stereocenters. The van der Waals surface area contributed by atoms with E-state index in [1.54, 1.807) is 0 Å². The molecule has 102 valence electrons. The van der Waals surface area contributed by atoms with Crippen LogP contribution in [0, 0.1) is 13.8 Å². The highest BCUT2D eigenvalue weighted by Gasteiger charge is 2.09. The molecule has 0 aromatic heterocycles. The number of nitrogens with two attached hydrogens (primary N) is 1. The van der Waals surface area contributed by atoms with Gasteiger partial charge in [-0.2, -0.15) is 0 Å². The Morgan fingerprint density at radius 3 is 2.28 bits per heavy atom. The highest BCUT2D eigenvalue weighted by Crippen LogP contribution is 2.22. The predicted octanol–water partition coefficient (Wildman–Crippen LogP) is 2.83. The molecule has 0 bridgehead atoms. The van der Waals surface area contributed by atoms with Crippen molar-refractivity contribution in [1.82, 2.24) is 0 Å². The third-order valence-electron chi connectivity index (χ3n) is 2.56. The lowest BCUT2D eigenvalue weighted by Gasteiger charge is -2.18. The second-order valence-electron chi connectivity index (χ2n) is 5.46. The Morgan fingerprint density at radius 2 is 1.72 bits per heavy atom. The maximum Gasteiger partial charge on any atom is 0.125 e. The summed E-state index contributed by atoms with van der Waals surface area (Å²) >= 11 is 0. The molecule has 18 heavy (non-hydrogen) atoms. The van der Waals surface area contributed by atoms with E-state index in [0.717, 1.165) is 12.2 Å². The topological polar surface area (TPSA) is 44.5 Å². The molecule has 2 N–H and O–H groups in total. The minimum atomic E-state index is -0.256. The van der Waals surface area contributed by atoms with E-state index in [1.807, 2.05) is 19.9 Å². The standard InChI is InChI=1S/C15H25NO2/c1-12-7-5-8-13(2)14(12)18-10-6-9-17-11-15(3,4)16/h5,7-8H,6,9-11,16H2,1-4H3. The minimum absolute atomic E-state index is 0.256. The molecule has 3 heteroatoms. The second kappa shape index (κ2) is 6.76. The molecule has 0 radical (unpaired) electrons. The van der Waals surface area contributed by atoms with Gasteiger partial charge in [-0.15, -0.1) is 0 Å². The Hall–Kier alpha value is -1.06. The Morgan fingerprint density at radius 1 is 1.11 bits per heavy atom. The van der Waals surface area contributed by atoms with Crippen LogP contribution in [0.5, 0.6) is 5.75 Å². The molecule has 0 aliphatic heterocycles. The Balaban J connectivity index is 2.22. The highest BCUT2D eigenvalue weighted by atomic mass is 16.5. The monoisotopic (exact) mass is 251 g/mol. The van der Waals surface area contributed by atoms with Gasteiger partial charge in [0.2, 0.25) is 0 Å². The average molecular weight is 251 g/mol. The fourth-order valence-corrected chi connectivity index (χ4v) is 1.70. The van der Waals surface area contributed by atoms with E-state index < -0.39 is 0 Å². The Bertz CT molecular complexity index is 349. The van der Waals surface area contributed by atoms with Gasteiger partial charge < -0.3 is 15.2 Å². The lowest BCUT2D eigenvalue weighted by atomic mass is 10.1. The number of ether oxygens (including phenoxy) is 2. The molecular weight excluding hydrogens is 226 g/mol. The molecule has 3 nitrogen and oxygen atoms in total. The first-order valence-corrected chi connectivity index (χ1v) is 6.46. The van der Waals surface area contributed by atoms with E-state index in [0.29, 0.717) is 19.8 Å². The van der Waals surface area contributed by atoms with E-state index >= 15 is 0 Å². The van der Waals surface area contributed by atoms with Gasteiger partial charge in [0, 0.05) is 18.6 Å². The van der Waals surface area contributed by atoms with E-state index in [4.69, 9.17) is 15.2 Å². The van der Waals surface area contributed by atoms with Crippen molar-refractivity contribution in [2.45, 2.75) is 39.7 Å². The molecule has 1 rings (SSSR count). The largest absolute Gasteiger partial charge is 0.493 e. The van der Waals surface area contributed by atoms with Gasteiger partial charge in [-0.3, -0.25) is 0 Å². The summed E-state index contributed by atoms with van der Waals surface area (Å²) < 4.78 is 11.3. The van der Waals surface area contributed by atoms with Crippen LogP contribution in [0.3, 0.4) is 0 Å². The summed E-state index contributed by atoms with van der Waals surface area (Å²) in [6.07, 6.45) is 0.879. The normalized spacial score (nSPS) is 11.6. The number of hydrogen-bond acceptors (Lipinski definition) is 3. The predicted molar refractivity (Wildman–Crippen MR) is 75.1 cm³/mol. The zero-order chi connectivity index (χ0) is 13.6. The van der Waals surface area contributed by atoms with E-state index in [1.165, 1.54) is 11.1 Å². The van der Waals surface area contributed by atoms with Gasteiger partial charge >= 0.3 is 0 Å². The van der Waals surface area contributed by atoms with Crippen molar-refractivity contribution < 1.29 is 9.47 Å². The van der Waals surface area contributed by atoms with Gasteiger partial charge in [0.05, 0.1) is 13.2 Å². The molecule has 0 spiro atoms. The van der Waals surface area contributed by atoms with Crippen LogP contribution in [0.25, 0.3) is 0 Å². The molecular formula is C15H25NO2. The number of benzene rings is 1. The Kier molecular flexibility index (Phi) is 5.63. The number of hydrogen-bond donors (Lipinski definition) is 1. The lowest BCUT2D eigenvalue weighted by molar-refractivity contribution is 0.0869. The second-order valence-corrected chi connectivity index (χ2v) is 5.46. The number of aryl methyl sites for hydroxylation is 2. The van der Waals surface area contributed by atoms with E-state index in [-0.39, 0.29) is 5.54 Å². The van der Waals surface area contributed by atoms with Gasteiger partial charge in [0.25, 0.3) is 0 Å². The molecule has 0 fully saturated rings. The minimum Gasteiger partial charge on any atom is -0.493 e. The molecule has 0 heterocycles. The van der Waals surface area contributed by atoms with E-state index in [9.17, 15) is 0 Å². The van der Waals surface area contributed by atoms with Gasteiger partial charge in [0.15, 0.2) is 0 Å². The van der Waals surface area contributed by atoms with Crippen molar-refractivity contribution in [3.8, 4) is 5.75 Å².